The van der Waals surface area contributed by atoms with Crippen LogP contribution in [0.1, 0.15) is 88.4 Å². The molecule has 0 saturated carbocycles. The lowest BCUT2D eigenvalue weighted by Crippen LogP contribution is -2.53. The SMILES string of the molecule is Cc1cc(F)ccc1-c1cc([C@H]2CC[C@@](C)(C(=O)O)N2C(=O)OC(C)(C)C)ncc1N(C)C(=O)C(C)(C)c1cc(C(F)(F)F)cc(C(F)(F)F)c1. The molecule has 1 aromatic heterocycles. The molecule has 1 aliphatic heterocycles. The first kappa shape index (κ1) is 39.1. The molecule has 2 amide bonds. The van der Waals surface area contributed by atoms with Gasteiger partial charge in [0.1, 0.15) is 17.0 Å². The molecule has 2 atom stereocenters. The van der Waals surface area contributed by atoms with E-state index in [4.69, 9.17) is 4.74 Å². The highest BCUT2D eigenvalue weighted by Gasteiger charge is 2.53. The van der Waals surface area contributed by atoms with Crippen molar-refractivity contribution < 1.29 is 55.0 Å². The number of aromatic nitrogens is 1. The van der Waals surface area contributed by atoms with E-state index in [2.05, 4.69) is 4.98 Å². The maximum atomic E-state index is 14.2. The molecule has 0 unspecified atom stereocenters. The van der Waals surface area contributed by atoms with Gasteiger partial charge in [-0.15, -0.1) is 0 Å². The molecule has 3 aromatic rings. The first-order chi connectivity index (χ1) is 23.2. The molecule has 0 spiro atoms. The second-order valence-electron chi connectivity index (χ2n) is 14.4. The summed E-state index contributed by atoms with van der Waals surface area (Å²) in [7, 11) is 1.27. The van der Waals surface area contributed by atoms with Gasteiger partial charge in [0.05, 0.1) is 40.2 Å². The van der Waals surface area contributed by atoms with Gasteiger partial charge in [0.15, 0.2) is 0 Å². The highest BCUT2D eigenvalue weighted by molar-refractivity contribution is 6.03. The van der Waals surface area contributed by atoms with E-state index in [0.29, 0.717) is 23.3 Å². The lowest BCUT2D eigenvalue weighted by atomic mass is 9.81. The predicted octanol–water partition coefficient (Wildman–Crippen LogP) is 9.09. The van der Waals surface area contributed by atoms with Crippen molar-refractivity contribution in [1.29, 1.82) is 0 Å². The fraction of sp³-hybridized carbons (Fsp3) is 0.444. The summed E-state index contributed by atoms with van der Waals surface area (Å²) >= 11 is 0. The number of hydrogen-bond acceptors (Lipinski definition) is 5. The number of alkyl halides is 6. The lowest BCUT2D eigenvalue weighted by Gasteiger charge is -2.36. The molecule has 2 heterocycles. The number of amides is 2. The topological polar surface area (TPSA) is 100 Å². The van der Waals surface area contributed by atoms with E-state index in [0.717, 1.165) is 15.9 Å². The molecule has 51 heavy (non-hydrogen) atoms. The number of pyridine rings is 1. The van der Waals surface area contributed by atoms with Crippen LogP contribution < -0.4 is 4.90 Å². The summed E-state index contributed by atoms with van der Waals surface area (Å²) in [6.07, 6.45) is -9.78. The van der Waals surface area contributed by atoms with Gasteiger partial charge in [0, 0.05) is 12.6 Å². The Hall–Kier alpha value is -4.69. The molecule has 8 nitrogen and oxygen atoms in total. The maximum Gasteiger partial charge on any atom is 0.416 e. The number of aliphatic carboxylic acids is 1. The Morgan fingerprint density at radius 2 is 1.45 bits per heavy atom. The van der Waals surface area contributed by atoms with E-state index in [1.807, 2.05) is 0 Å². The first-order valence-corrected chi connectivity index (χ1v) is 15.8. The van der Waals surface area contributed by atoms with Gasteiger partial charge in [-0.3, -0.25) is 14.7 Å². The molecular formula is C36H38F7N3O5. The Kier molecular flexibility index (Phi) is 10.1. The van der Waals surface area contributed by atoms with Gasteiger partial charge in [-0.05, 0) is 114 Å². The number of carbonyl (C=O) groups excluding carboxylic acids is 2. The summed E-state index contributed by atoms with van der Waals surface area (Å²) in [6, 6.07) is 5.33. The van der Waals surface area contributed by atoms with E-state index in [-0.39, 0.29) is 35.9 Å². The smallest absolute Gasteiger partial charge is 0.416 e. The lowest BCUT2D eigenvalue weighted by molar-refractivity contribution is -0.149. The van der Waals surface area contributed by atoms with Crippen LogP contribution in [0.25, 0.3) is 11.1 Å². The van der Waals surface area contributed by atoms with Crippen molar-refractivity contribution >= 4 is 23.7 Å². The molecule has 0 bridgehead atoms. The Morgan fingerprint density at radius 1 is 0.902 bits per heavy atom. The minimum atomic E-state index is -5.14. The molecule has 0 radical (unpaired) electrons. The van der Waals surface area contributed by atoms with Gasteiger partial charge in [0.2, 0.25) is 5.91 Å². The molecule has 1 fully saturated rings. The summed E-state index contributed by atoms with van der Waals surface area (Å²) in [5.41, 5.74) is -7.04. The Bertz CT molecular complexity index is 1830. The molecular weight excluding hydrogens is 687 g/mol. The third-order valence-corrected chi connectivity index (χ3v) is 9.03. The number of anilines is 1. The number of carboxylic acids is 1. The number of ether oxygens (including phenoxy) is 1. The number of rotatable bonds is 6. The largest absolute Gasteiger partial charge is 0.480 e. The number of aryl methyl sites for hydroxylation is 1. The number of likely N-dealkylation sites (tertiary alicyclic amines) is 1. The number of carbonyl (C=O) groups is 3. The van der Waals surface area contributed by atoms with Crippen molar-refractivity contribution in [3.05, 3.63) is 82.4 Å². The van der Waals surface area contributed by atoms with Crippen molar-refractivity contribution in [1.82, 2.24) is 9.88 Å². The number of halogens is 7. The second-order valence-corrected chi connectivity index (χ2v) is 14.4. The van der Waals surface area contributed by atoms with Gasteiger partial charge >= 0.3 is 24.4 Å². The maximum absolute atomic E-state index is 14.2. The zero-order valence-electron chi connectivity index (χ0n) is 29.2. The van der Waals surface area contributed by atoms with Crippen LogP contribution in [0.5, 0.6) is 0 Å². The summed E-state index contributed by atoms with van der Waals surface area (Å²) in [6.45, 7) is 10.2. The van der Waals surface area contributed by atoms with E-state index >= 15 is 0 Å². The molecule has 1 aliphatic rings. The van der Waals surface area contributed by atoms with Gasteiger partial charge in [-0.2, -0.15) is 26.3 Å². The number of likely N-dealkylation sites (N-methyl/N-ethyl adjacent to an activating group) is 1. The van der Waals surface area contributed by atoms with Crippen LogP contribution in [0.4, 0.5) is 41.2 Å². The molecule has 1 N–H and O–H groups in total. The van der Waals surface area contributed by atoms with Crippen LogP contribution in [-0.2, 0) is 32.1 Å². The van der Waals surface area contributed by atoms with Crippen LogP contribution in [0, 0.1) is 12.7 Å². The van der Waals surface area contributed by atoms with Crippen molar-refractivity contribution in [3.63, 3.8) is 0 Å². The van der Waals surface area contributed by atoms with Gasteiger partial charge in [-0.1, -0.05) is 6.07 Å². The average Bonchev–Trinajstić information content (AvgIpc) is 3.37. The average molecular weight is 726 g/mol. The number of nitrogens with zero attached hydrogens (tertiary/aromatic N) is 3. The standard InChI is InChI=1S/C36H38F7N3O5/c1-19-13-23(37)9-10-24(19)25-17-26(27-11-12-34(7,30(48)49)46(27)31(50)51-32(2,3)4)44-18-28(25)45(8)29(47)33(5,6)20-14-21(35(38,39)40)16-22(15-20)36(41,42)43/h9-10,13-18,27H,11-12H2,1-8H3,(H,48,49)/t27-,34+/m1/s1. The van der Waals surface area contributed by atoms with Gasteiger partial charge in [0.25, 0.3) is 0 Å². The number of benzene rings is 2. The van der Waals surface area contributed by atoms with E-state index in [1.165, 1.54) is 52.2 Å². The highest BCUT2D eigenvalue weighted by atomic mass is 19.4. The van der Waals surface area contributed by atoms with Crippen LogP contribution in [0.15, 0.2) is 48.7 Å². The molecule has 276 valence electrons. The zero-order valence-corrected chi connectivity index (χ0v) is 29.2. The van der Waals surface area contributed by atoms with Gasteiger partial charge in [-0.25, -0.2) is 14.0 Å². The van der Waals surface area contributed by atoms with Crippen molar-refractivity contribution in [2.24, 2.45) is 0 Å². The Morgan fingerprint density at radius 3 is 1.94 bits per heavy atom. The van der Waals surface area contributed by atoms with Crippen molar-refractivity contribution in [2.75, 3.05) is 11.9 Å². The summed E-state index contributed by atoms with van der Waals surface area (Å²) in [5.74, 6) is -2.76. The van der Waals surface area contributed by atoms with E-state index in [9.17, 15) is 50.2 Å². The molecule has 15 heteroatoms. The molecule has 2 aromatic carbocycles. The third kappa shape index (κ3) is 7.81. The monoisotopic (exact) mass is 725 g/mol. The summed E-state index contributed by atoms with van der Waals surface area (Å²) in [4.78, 5) is 46.7. The van der Waals surface area contributed by atoms with Crippen LogP contribution >= 0.6 is 0 Å². The summed E-state index contributed by atoms with van der Waals surface area (Å²) in [5, 5.41) is 10.1. The highest BCUT2D eigenvalue weighted by Crippen LogP contribution is 2.46. The quantitative estimate of drug-likeness (QED) is 0.255. The van der Waals surface area contributed by atoms with E-state index < -0.39 is 75.4 Å². The molecule has 0 aliphatic carbocycles. The number of hydrogen-bond donors (Lipinski definition) is 1. The Balaban J connectivity index is 1.89. The number of carboxylic acid groups (broad SMARTS) is 1. The van der Waals surface area contributed by atoms with Crippen LogP contribution in [-0.4, -0.2) is 51.1 Å². The fourth-order valence-corrected chi connectivity index (χ4v) is 6.17. The van der Waals surface area contributed by atoms with Crippen molar-refractivity contribution in [2.45, 2.75) is 96.3 Å². The normalized spacial score (nSPS) is 18.5. The first-order valence-electron chi connectivity index (χ1n) is 15.8. The second kappa shape index (κ2) is 13.1. The van der Waals surface area contributed by atoms with Crippen LogP contribution in [0.3, 0.4) is 0 Å². The Labute approximate surface area is 290 Å². The molecule has 1 saturated heterocycles. The summed E-state index contributed by atoms with van der Waals surface area (Å²) < 4.78 is 102. The minimum absolute atomic E-state index is 0.0231. The minimum Gasteiger partial charge on any atom is -0.480 e. The zero-order chi connectivity index (χ0) is 38.6. The fourth-order valence-electron chi connectivity index (χ4n) is 6.17. The van der Waals surface area contributed by atoms with Crippen LogP contribution in [0.2, 0.25) is 0 Å². The third-order valence-electron chi connectivity index (χ3n) is 9.03. The molecule has 4 rings (SSSR count). The van der Waals surface area contributed by atoms with Gasteiger partial charge < -0.3 is 14.7 Å². The van der Waals surface area contributed by atoms with Crippen molar-refractivity contribution in [3.8, 4) is 11.1 Å². The predicted molar refractivity (Wildman–Crippen MR) is 173 cm³/mol. The van der Waals surface area contributed by atoms with E-state index in [1.54, 1.807) is 27.7 Å².